The van der Waals surface area contributed by atoms with Crippen molar-refractivity contribution in [2.75, 3.05) is 13.1 Å². The van der Waals surface area contributed by atoms with Crippen molar-refractivity contribution in [3.63, 3.8) is 0 Å². The zero-order valence-corrected chi connectivity index (χ0v) is 9.11. The molecule has 0 radical (unpaired) electrons. The second kappa shape index (κ2) is 5.86. The van der Waals surface area contributed by atoms with Crippen molar-refractivity contribution < 1.29 is 9.18 Å². The van der Waals surface area contributed by atoms with E-state index < -0.39 is 5.82 Å². The third-order valence-electron chi connectivity index (χ3n) is 2.01. The number of aromatic nitrogens is 1. The Kier molecular flexibility index (Phi) is 4.46. The van der Waals surface area contributed by atoms with Crippen molar-refractivity contribution in [2.45, 2.75) is 13.3 Å². The molecule has 0 spiro atoms. The lowest BCUT2D eigenvalue weighted by Crippen LogP contribution is -2.32. The zero-order chi connectivity index (χ0) is 12.0. The van der Waals surface area contributed by atoms with Crippen LogP contribution < -0.4 is 0 Å². The van der Waals surface area contributed by atoms with Crippen LogP contribution in [-0.2, 0) is 0 Å². The fourth-order valence-electron chi connectivity index (χ4n) is 1.30. The Morgan fingerprint density at radius 1 is 1.62 bits per heavy atom. The number of amides is 1. The summed E-state index contributed by atoms with van der Waals surface area (Å²) in [7, 11) is 0. The van der Waals surface area contributed by atoms with Crippen LogP contribution in [0.2, 0.25) is 0 Å². The minimum atomic E-state index is -0.462. The summed E-state index contributed by atoms with van der Waals surface area (Å²) in [6.07, 6.45) is 7.01. The minimum absolute atomic E-state index is 0.213. The summed E-state index contributed by atoms with van der Waals surface area (Å²) < 4.78 is 12.6. The number of carbonyl (C=O) groups excluding carboxylic acids is 1. The number of carbonyl (C=O) groups is 1. The molecule has 4 heteroatoms. The van der Waals surface area contributed by atoms with Crippen LogP contribution in [0.1, 0.15) is 23.8 Å². The Hall–Kier alpha value is -1.89. The van der Waals surface area contributed by atoms with E-state index in [1.807, 2.05) is 6.92 Å². The molecule has 0 fully saturated rings. The van der Waals surface area contributed by atoms with Gasteiger partial charge in [0.15, 0.2) is 0 Å². The molecule has 1 heterocycles. The molecule has 1 rings (SSSR count). The molecule has 0 saturated carbocycles. The molecule has 0 atom stereocenters. The van der Waals surface area contributed by atoms with E-state index >= 15 is 0 Å². The van der Waals surface area contributed by atoms with Gasteiger partial charge >= 0.3 is 0 Å². The topological polar surface area (TPSA) is 33.2 Å². The lowest BCUT2D eigenvalue weighted by molar-refractivity contribution is 0.0771. The van der Waals surface area contributed by atoms with Crippen molar-refractivity contribution in [3.8, 4) is 12.3 Å². The second-order valence-corrected chi connectivity index (χ2v) is 3.29. The molecule has 0 aliphatic carbocycles. The highest BCUT2D eigenvalue weighted by Crippen LogP contribution is 2.03. The van der Waals surface area contributed by atoms with E-state index in [-0.39, 0.29) is 18.1 Å². The van der Waals surface area contributed by atoms with Gasteiger partial charge in [-0.15, -0.1) is 6.42 Å². The third-order valence-corrected chi connectivity index (χ3v) is 2.01. The molecule has 0 aliphatic heterocycles. The molecule has 16 heavy (non-hydrogen) atoms. The maximum absolute atomic E-state index is 12.6. The molecule has 0 N–H and O–H groups in total. The molecule has 0 saturated heterocycles. The number of pyridine rings is 1. The normalized spacial score (nSPS) is 9.56. The predicted octanol–water partition coefficient (Wildman–Crippen LogP) is 1.71. The lowest BCUT2D eigenvalue weighted by Gasteiger charge is -2.18. The van der Waals surface area contributed by atoms with Crippen molar-refractivity contribution >= 4 is 5.91 Å². The standard InChI is InChI=1S/C12H13FN2O/c1-3-7-15(8-4-2)12(16)11-6-5-10(13)9-14-11/h1,5-6,9H,4,7-8H2,2H3. The Balaban J connectivity index is 2.82. The van der Waals surface area contributed by atoms with E-state index in [1.165, 1.54) is 17.0 Å². The monoisotopic (exact) mass is 220 g/mol. The number of hydrogen-bond donors (Lipinski definition) is 0. The Morgan fingerprint density at radius 3 is 2.88 bits per heavy atom. The Bertz CT molecular complexity index is 394. The van der Waals surface area contributed by atoms with E-state index in [0.717, 1.165) is 12.6 Å². The largest absolute Gasteiger partial charge is 0.326 e. The van der Waals surface area contributed by atoms with Gasteiger partial charge in [0.25, 0.3) is 5.91 Å². The number of nitrogens with zero attached hydrogens (tertiary/aromatic N) is 2. The summed E-state index contributed by atoms with van der Waals surface area (Å²) in [6.45, 7) is 2.77. The van der Waals surface area contributed by atoms with Crippen molar-refractivity contribution in [2.24, 2.45) is 0 Å². The highest BCUT2D eigenvalue weighted by molar-refractivity contribution is 5.92. The highest BCUT2D eigenvalue weighted by atomic mass is 19.1. The predicted molar refractivity (Wildman–Crippen MR) is 59.2 cm³/mol. The van der Waals surface area contributed by atoms with Crippen molar-refractivity contribution in [3.05, 3.63) is 29.8 Å². The van der Waals surface area contributed by atoms with Gasteiger partial charge in [0, 0.05) is 6.54 Å². The Labute approximate surface area is 94.3 Å². The average molecular weight is 220 g/mol. The van der Waals surface area contributed by atoms with Gasteiger partial charge in [0.2, 0.25) is 0 Å². The van der Waals surface area contributed by atoms with Gasteiger partial charge in [-0.1, -0.05) is 12.8 Å². The van der Waals surface area contributed by atoms with Crippen molar-refractivity contribution in [1.29, 1.82) is 0 Å². The first-order valence-electron chi connectivity index (χ1n) is 5.03. The molecule has 0 aromatic carbocycles. The van der Waals surface area contributed by atoms with Crippen LogP contribution in [0, 0.1) is 18.2 Å². The molecule has 1 aromatic rings. The molecule has 1 amide bonds. The van der Waals surface area contributed by atoms with E-state index in [9.17, 15) is 9.18 Å². The van der Waals surface area contributed by atoms with Gasteiger partial charge in [0.1, 0.15) is 11.5 Å². The van der Waals surface area contributed by atoms with Gasteiger partial charge in [-0.25, -0.2) is 9.37 Å². The fraction of sp³-hybridized carbons (Fsp3) is 0.333. The average Bonchev–Trinajstić information content (AvgIpc) is 2.29. The number of rotatable bonds is 4. The highest BCUT2D eigenvalue weighted by Gasteiger charge is 2.14. The van der Waals surface area contributed by atoms with Crippen LogP contribution in [0.25, 0.3) is 0 Å². The molecular formula is C12H13FN2O. The summed E-state index contributed by atoms with van der Waals surface area (Å²) in [5, 5.41) is 0. The molecule has 0 aliphatic rings. The molecule has 84 valence electrons. The summed E-state index contributed by atoms with van der Waals surface area (Å²) in [5.41, 5.74) is 0.213. The zero-order valence-electron chi connectivity index (χ0n) is 9.11. The SMILES string of the molecule is C#CCN(CCC)C(=O)c1ccc(F)cn1. The maximum atomic E-state index is 12.6. The smallest absolute Gasteiger partial charge is 0.273 e. The first-order valence-corrected chi connectivity index (χ1v) is 5.03. The van der Waals surface area contributed by atoms with Gasteiger partial charge in [-0.3, -0.25) is 4.79 Å². The van der Waals surface area contributed by atoms with Crippen LogP contribution in [-0.4, -0.2) is 28.9 Å². The lowest BCUT2D eigenvalue weighted by atomic mass is 10.3. The summed E-state index contributed by atoms with van der Waals surface area (Å²) in [6, 6.07) is 2.57. The van der Waals surface area contributed by atoms with Crippen LogP contribution in [0.4, 0.5) is 4.39 Å². The third kappa shape index (κ3) is 3.06. The van der Waals surface area contributed by atoms with E-state index in [1.54, 1.807) is 0 Å². The van der Waals surface area contributed by atoms with Gasteiger partial charge in [-0.05, 0) is 18.6 Å². The molecule has 0 unspecified atom stereocenters. The summed E-state index contributed by atoms with van der Waals surface area (Å²) in [4.78, 5) is 17.1. The molecule has 1 aromatic heterocycles. The number of halogens is 1. The second-order valence-electron chi connectivity index (χ2n) is 3.29. The minimum Gasteiger partial charge on any atom is -0.326 e. The summed E-state index contributed by atoms with van der Waals surface area (Å²) >= 11 is 0. The molecule has 0 bridgehead atoms. The van der Waals surface area contributed by atoms with Crippen molar-refractivity contribution in [1.82, 2.24) is 9.88 Å². The molecular weight excluding hydrogens is 207 g/mol. The first kappa shape index (κ1) is 12.2. The fourth-order valence-corrected chi connectivity index (χ4v) is 1.30. The van der Waals surface area contributed by atoms with Gasteiger partial charge in [0.05, 0.1) is 12.7 Å². The quantitative estimate of drug-likeness (QED) is 0.724. The first-order chi connectivity index (χ1) is 7.69. The van der Waals surface area contributed by atoms with E-state index in [2.05, 4.69) is 10.9 Å². The summed E-state index contributed by atoms with van der Waals surface area (Å²) in [5.74, 6) is 1.69. The van der Waals surface area contributed by atoms with Gasteiger partial charge in [-0.2, -0.15) is 0 Å². The van der Waals surface area contributed by atoms with E-state index in [4.69, 9.17) is 6.42 Å². The number of terminal acetylenes is 1. The van der Waals surface area contributed by atoms with Gasteiger partial charge < -0.3 is 4.90 Å². The van der Waals surface area contributed by atoms with Crippen LogP contribution >= 0.6 is 0 Å². The molecule has 3 nitrogen and oxygen atoms in total. The van der Waals surface area contributed by atoms with Crippen LogP contribution in [0.3, 0.4) is 0 Å². The van der Waals surface area contributed by atoms with E-state index in [0.29, 0.717) is 6.54 Å². The van der Waals surface area contributed by atoms with Crippen LogP contribution in [0.15, 0.2) is 18.3 Å². The maximum Gasteiger partial charge on any atom is 0.273 e. The number of hydrogen-bond acceptors (Lipinski definition) is 2. The van der Waals surface area contributed by atoms with Crippen LogP contribution in [0.5, 0.6) is 0 Å². The Morgan fingerprint density at radius 2 is 2.38 bits per heavy atom.